The first kappa shape index (κ1) is 11.2. The van der Waals surface area contributed by atoms with Crippen LogP contribution in [0.4, 0.5) is 5.13 Å². The molecule has 0 fully saturated rings. The van der Waals surface area contributed by atoms with Gasteiger partial charge in [-0.25, -0.2) is 4.98 Å². The van der Waals surface area contributed by atoms with Gasteiger partial charge in [0.1, 0.15) is 0 Å². The summed E-state index contributed by atoms with van der Waals surface area (Å²) < 4.78 is 0. The molecule has 1 amide bonds. The molecule has 0 aliphatic heterocycles. The molecule has 0 aromatic carbocycles. The number of rotatable bonds is 2. The van der Waals surface area contributed by atoms with Gasteiger partial charge >= 0.3 is 5.91 Å². The molecule has 0 saturated carbocycles. The normalized spacial score (nSPS) is 9.43. The minimum atomic E-state index is -0.355. The number of carbonyl (C=O) groups is 1. The van der Waals surface area contributed by atoms with Crippen molar-refractivity contribution < 1.29 is 4.79 Å². The molecule has 5 heteroatoms. The molecule has 0 aliphatic rings. The van der Waals surface area contributed by atoms with Gasteiger partial charge in [0.05, 0.1) is 5.69 Å². The van der Waals surface area contributed by atoms with Crippen molar-refractivity contribution in [3.05, 3.63) is 11.1 Å². The summed E-state index contributed by atoms with van der Waals surface area (Å²) in [5.74, 6) is 2.33. The summed E-state index contributed by atoms with van der Waals surface area (Å²) in [4.78, 5) is 17.6. The van der Waals surface area contributed by atoms with Gasteiger partial charge in [0.2, 0.25) is 0 Å². The van der Waals surface area contributed by atoms with Crippen LogP contribution in [0.1, 0.15) is 25.5 Å². The average molecular weight is 273 g/mol. The Morgan fingerprint density at radius 3 is 2.93 bits per heavy atom. The smallest absolute Gasteiger partial charge is 0.291 e. The van der Waals surface area contributed by atoms with Gasteiger partial charge in [0.15, 0.2) is 5.13 Å². The van der Waals surface area contributed by atoms with E-state index in [1.54, 1.807) is 0 Å². The largest absolute Gasteiger partial charge is 0.302 e. The first-order chi connectivity index (χ1) is 6.63. The lowest BCUT2D eigenvalue weighted by Gasteiger charge is -1.97. The van der Waals surface area contributed by atoms with Crippen LogP contribution in [-0.4, -0.2) is 10.9 Å². The monoisotopic (exact) mass is 272 g/mol. The van der Waals surface area contributed by atoms with E-state index < -0.39 is 0 Å². The lowest BCUT2D eigenvalue weighted by atomic mass is 10.2. The van der Waals surface area contributed by atoms with Crippen molar-refractivity contribution in [3.63, 3.8) is 0 Å². The van der Waals surface area contributed by atoms with Crippen LogP contribution < -0.4 is 5.32 Å². The molecule has 0 radical (unpaired) electrons. The molecule has 0 spiro atoms. The quantitative estimate of drug-likeness (QED) is 0.841. The van der Waals surface area contributed by atoms with Crippen LogP contribution in [-0.2, 0) is 4.79 Å². The van der Waals surface area contributed by atoms with Crippen LogP contribution in [0.15, 0.2) is 5.38 Å². The average Bonchev–Trinajstić information content (AvgIpc) is 2.53. The van der Waals surface area contributed by atoms with Gasteiger partial charge in [-0.3, -0.25) is 10.1 Å². The molecular formula is C9H9BrN2OS. The van der Waals surface area contributed by atoms with E-state index in [1.165, 1.54) is 11.3 Å². The highest BCUT2D eigenvalue weighted by Crippen LogP contribution is 2.21. The Morgan fingerprint density at radius 2 is 2.43 bits per heavy atom. The van der Waals surface area contributed by atoms with E-state index in [-0.39, 0.29) is 5.91 Å². The summed E-state index contributed by atoms with van der Waals surface area (Å²) in [6, 6.07) is 0. The van der Waals surface area contributed by atoms with Crippen molar-refractivity contribution in [3.8, 4) is 10.8 Å². The van der Waals surface area contributed by atoms with Crippen molar-refractivity contribution in [2.45, 2.75) is 19.8 Å². The number of nitrogens with one attached hydrogen (secondary N) is 1. The second kappa shape index (κ2) is 5.13. The second-order valence-corrected chi connectivity index (χ2v) is 4.16. The number of nitrogens with zero attached hydrogens (tertiary/aromatic N) is 1. The number of amides is 1. The van der Waals surface area contributed by atoms with Crippen LogP contribution in [0, 0.1) is 10.8 Å². The minimum Gasteiger partial charge on any atom is -0.291 e. The zero-order valence-corrected chi connectivity index (χ0v) is 10.2. The SMILES string of the molecule is CC(C)c1csc(NC(=O)C#CBr)n1. The summed E-state index contributed by atoms with van der Waals surface area (Å²) in [5.41, 5.74) is 0.983. The van der Waals surface area contributed by atoms with E-state index in [2.05, 4.69) is 50.8 Å². The van der Waals surface area contributed by atoms with E-state index in [9.17, 15) is 4.79 Å². The van der Waals surface area contributed by atoms with Crippen LogP contribution in [0.25, 0.3) is 0 Å². The molecule has 3 nitrogen and oxygen atoms in total. The van der Waals surface area contributed by atoms with Gasteiger partial charge in [0.25, 0.3) is 0 Å². The van der Waals surface area contributed by atoms with E-state index in [1.807, 2.05) is 5.38 Å². The number of carbonyl (C=O) groups excluding carboxylic acids is 1. The first-order valence-electron chi connectivity index (χ1n) is 4.01. The number of hydrogen-bond acceptors (Lipinski definition) is 3. The third kappa shape index (κ3) is 3.13. The number of hydrogen-bond donors (Lipinski definition) is 1. The number of thiazole rings is 1. The van der Waals surface area contributed by atoms with Gasteiger partial charge in [-0.1, -0.05) is 13.8 Å². The standard InChI is InChI=1S/C9H9BrN2OS/c1-6(2)7-5-14-9(11-7)12-8(13)3-4-10/h5-6H,1-2H3,(H,11,12,13). The highest BCUT2D eigenvalue weighted by molar-refractivity contribution is 9.12. The lowest BCUT2D eigenvalue weighted by Crippen LogP contribution is -2.07. The number of anilines is 1. The first-order valence-corrected chi connectivity index (χ1v) is 5.68. The van der Waals surface area contributed by atoms with E-state index in [0.29, 0.717) is 11.0 Å². The Labute approximate surface area is 95.1 Å². The van der Waals surface area contributed by atoms with Crippen molar-refractivity contribution in [2.24, 2.45) is 0 Å². The van der Waals surface area contributed by atoms with Gasteiger partial charge in [-0.2, -0.15) is 0 Å². The molecule has 1 rings (SSSR count). The maximum atomic E-state index is 11.0. The maximum absolute atomic E-state index is 11.0. The highest BCUT2D eigenvalue weighted by Gasteiger charge is 2.06. The molecule has 74 valence electrons. The van der Waals surface area contributed by atoms with E-state index in [4.69, 9.17) is 0 Å². The molecule has 1 aromatic heterocycles. The zero-order chi connectivity index (χ0) is 10.6. The van der Waals surface area contributed by atoms with Crippen molar-refractivity contribution in [2.75, 3.05) is 5.32 Å². The van der Waals surface area contributed by atoms with Crippen LogP contribution in [0.3, 0.4) is 0 Å². The zero-order valence-electron chi connectivity index (χ0n) is 7.80. The Hall–Kier alpha value is -0.860. The maximum Gasteiger partial charge on any atom is 0.302 e. The highest BCUT2D eigenvalue weighted by atomic mass is 79.9. The van der Waals surface area contributed by atoms with Crippen molar-refractivity contribution in [1.82, 2.24) is 4.98 Å². The summed E-state index contributed by atoms with van der Waals surface area (Å²) in [6.07, 6.45) is 0. The molecule has 1 N–H and O–H groups in total. The summed E-state index contributed by atoms with van der Waals surface area (Å²) in [6.45, 7) is 4.11. The predicted octanol–water partition coefficient (Wildman–Crippen LogP) is 2.56. The topological polar surface area (TPSA) is 42.0 Å². The fraction of sp³-hybridized carbons (Fsp3) is 0.333. The van der Waals surface area contributed by atoms with E-state index in [0.717, 1.165) is 5.69 Å². The minimum absolute atomic E-state index is 0.355. The fourth-order valence-corrected chi connectivity index (χ4v) is 1.83. The Bertz CT molecular complexity index is 389. The number of halogens is 1. The molecule has 1 heterocycles. The Morgan fingerprint density at radius 1 is 1.71 bits per heavy atom. The van der Waals surface area contributed by atoms with Crippen molar-refractivity contribution in [1.29, 1.82) is 0 Å². The molecule has 0 aliphatic carbocycles. The van der Waals surface area contributed by atoms with Crippen molar-refractivity contribution >= 4 is 38.3 Å². The number of aromatic nitrogens is 1. The van der Waals surface area contributed by atoms with Crippen LogP contribution in [0.2, 0.25) is 0 Å². The molecule has 0 atom stereocenters. The predicted molar refractivity (Wildman–Crippen MR) is 61.5 cm³/mol. The fourth-order valence-electron chi connectivity index (χ4n) is 0.780. The Kier molecular flexibility index (Phi) is 4.11. The van der Waals surface area contributed by atoms with Gasteiger partial charge in [0, 0.05) is 27.2 Å². The van der Waals surface area contributed by atoms with Gasteiger partial charge in [-0.05, 0) is 10.7 Å². The summed E-state index contributed by atoms with van der Waals surface area (Å²) in [5, 5.41) is 5.11. The third-order valence-electron chi connectivity index (χ3n) is 1.49. The Balaban J connectivity index is 2.67. The van der Waals surface area contributed by atoms with E-state index >= 15 is 0 Å². The molecule has 14 heavy (non-hydrogen) atoms. The summed E-state index contributed by atoms with van der Waals surface area (Å²) >= 11 is 4.26. The molecule has 1 aromatic rings. The van der Waals surface area contributed by atoms with Gasteiger partial charge in [-0.15, -0.1) is 11.3 Å². The molecule has 0 saturated heterocycles. The summed E-state index contributed by atoms with van der Waals surface area (Å²) in [7, 11) is 0. The lowest BCUT2D eigenvalue weighted by molar-refractivity contribution is -0.111. The van der Waals surface area contributed by atoms with Crippen LogP contribution >= 0.6 is 27.3 Å². The molecular weight excluding hydrogens is 264 g/mol. The van der Waals surface area contributed by atoms with Crippen LogP contribution in [0.5, 0.6) is 0 Å². The second-order valence-electron chi connectivity index (χ2n) is 2.91. The van der Waals surface area contributed by atoms with Gasteiger partial charge < -0.3 is 0 Å². The molecule has 0 unspecified atom stereocenters. The molecule has 0 bridgehead atoms. The third-order valence-corrected chi connectivity index (χ3v) is 2.47.